The maximum absolute atomic E-state index is 12.6. The molecule has 0 radical (unpaired) electrons. The summed E-state index contributed by atoms with van der Waals surface area (Å²) in [5.41, 5.74) is 0. The van der Waals surface area contributed by atoms with Gasteiger partial charge in [-0.1, -0.05) is 6.92 Å². The Bertz CT molecular complexity index is 599. The van der Waals surface area contributed by atoms with E-state index < -0.39 is 10.0 Å². The van der Waals surface area contributed by atoms with Gasteiger partial charge in [0.2, 0.25) is 10.0 Å². The van der Waals surface area contributed by atoms with Crippen LogP contribution in [0.4, 0.5) is 0 Å². The second-order valence-electron chi connectivity index (χ2n) is 5.42. The van der Waals surface area contributed by atoms with Crippen LogP contribution in [0.2, 0.25) is 0 Å². The van der Waals surface area contributed by atoms with E-state index in [4.69, 9.17) is 9.47 Å². The maximum Gasteiger partial charge on any atom is 0.243 e. The first-order valence-electron chi connectivity index (χ1n) is 6.97. The van der Waals surface area contributed by atoms with Crippen molar-refractivity contribution in [2.75, 3.05) is 26.3 Å². The van der Waals surface area contributed by atoms with E-state index in [1.807, 2.05) is 0 Å². The lowest BCUT2D eigenvalue weighted by Gasteiger charge is -2.30. The van der Waals surface area contributed by atoms with Gasteiger partial charge >= 0.3 is 0 Å². The lowest BCUT2D eigenvalue weighted by atomic mass is 10.0. The van der Waals surface area contributed by atoms with Gasteiger partial charge in [0.15, 0.2) is 11.5 Å². The zero-order valence-electron chi connectivity index (χ0n) is 11.5. The average Bonchev–Trinajstić information content (AvgIpc) is 2.46. The van der Waals surface area contributed by atoms with Crippen molar-refractivity contribution in [3.8, 4) is 11.5 Å². The van der Waals surface area contributed by atoms with Crippen molar-refractivity contribution in [3.63, 3.8) is 0 Å². The van der Waals surface area contributed by atoms with Crippen molar-refractivity contribution in [3.05, 3.63) is 18.2 Å². The molecule has 0 spiro atoms. The normalized spacial score (nSPS) is 23.6. The van der Waals surface area contributed by atoms with E-state index in [1.54, 1.807) is 22.5 Å². The van der Waals surface area contributed by atoms with Crippen molar-refractivity contribution in [2.24, 2.45) is 5.92 Å². The van der Waals surface area contributed by atoms with E-state index in [1.165, 1.54) is 0 Å². The molecule has 1 unspecified atom stereocenters. The third-order valence-corrected chi connectivity index (χ3v) is 5.63. The highest BCUT2D eigenvalue weighted by Crippen LogP contribution is 2.33. The number of benzene rings is 1. The Kier molecular flexibility index (Phi) is 3.60. The summed E-state index contributed by atoms with van der Waals surface area (Å²) in [6.07, 6.45) is 2.01. The standard InChI is InChI=1S/C14H19NO4S/c1-11-3-2-6-15(10-11)20(16,17)12-4-5-13-14(9-12)19-8-7-18-13/h4-5,9,11H,2-3,6-8,10H2,1H3. The fourth-order valence-electron chi connectivity index (χ4n) is 2.70. The number of hydrogen-bond donors (Lipinski definition) is 0. The molecular weight excluding hydrogens is 278 g/mol. The zero-order chi connectivity index (χ0) is 14.2. The molecule has 0 aliphatic carbocycles. The number of piperidine rings is 1. The molecule has 3 rings (SSSR count). The molecule has 5 nitrogen and oxygen atoms in total. The van der Waals surface area contributed by atoms with Crippen LogP contribution in [0.1, 0.15) is 19.8 Å². The van der Waals surface area contributed by atoms with E-state index in [0.717, 1.165) is 12.8 Å². The van der Waals surface area contributed by atoms with Crippen LogP contribution in [0, 0.1) is 5.92 Å². The molecule has 2 heterocycles. The van der Waals surface area contributed by atoms with Gasteiger partial charge in [-0.2, -0.15) is 4.31 Å². The minimum Gasteiger partial charge on any atom is -0.486 e. The summed E-state index contributed by atoms with van der Waals surface area (Å²) in [6.45, 7) is 4.24. The fraction of sp³-hybridized carbons (Fsp3) is 0.571. The van der Waals surface area contributed by atoms with Gasteiger partial charge in [-0.3, -0.25) is 0 Å². The molecule has 20 heavy (non-hydrogen) atoms. The zero-order valence-corrected chi connectivity index (χ0v) is 12.4. The monoisotopic (exact) mass is 297 g/mol. The predicted molar refractivity (Wildman–Crippen MR) is 74.6 cm³/mol. The molecule has 0 bridgehead atoms. The largest absolute Gasteiger partial charge is 0.486 e. The van der Waals surface area contributed by atoms with E-state index in [-0.39, 0.29) is 4.90 Å². The Morgan fingerprint density at radius 1 is 1.20 bits per heavy atom. The van der Waals surface area contributed by atoms with Gasteiger partial charge in [0.05, 0.1) is 4.90 Å². The summed E-state index contributed by atoms with van der Waals surface area (Å²) >= 11 is 0. The van der Waals surface area contributed by atoms with E-state index in [0.29, 0.717) is 43.7 Å². The van der Waals surface area contributed by atoms with Gasteiger partial charge in [0.25, 0.3) is 0 Å². The highest BCUT2D eigenvalue weighted by atomic mass is 32.2. The molecule has 1 aromatic carbocycles. The smallest absolute Gasteiger partial charge is 0.243 e. The lowest BCUT2D eigenvalue weighted by molar-refractivity contribution is 0.171. The molecule has 0 aromatic heterocycles. The second-order valence-corrected chi connectivity index (χ2v) is 7.35. The molecule has 6 heteroatoms. The third kappa shape index (κ3) is 2.50. The van der Waals surface area contributed by atoms with Crippen molar-refractivity contribution >= 4 is 10.0 Å². The van der Waals surface area contributed by atoms with Gasteiger partial charge in [-0.25, -0.2) is 8.42 Å². The first-order chi connectivity index (χ1) is 9.57. The average molecular weight is 297 g/mol. The van der Waals surface area contributed by atoms with Gasteiger partial charge < -0.3 is 9.47 Å². The number of hydrogen-bond acceptors (Lipinski definition) is 4. The van der Waals surface area contributed by atoms with Crippen LogP contribution < -0.4 is 9.47 Å². The quantitative estimate of drug-likeness (QED) is 0.836. The van der Waals surface area contributed by atoms with Gasteiger partial charge in [-0.15, -0.1) is 0 Å². The van der Waals surface area contributed by atoms with Crippen LogP contribution in [-0.4, -0.2) is 39.0 Å². The Hall–Kier alpha value is -1.27. The fourth-order valence-corrected chi connectivity index (χ4v) is 4.31. The molecule has 1 saturated heterocycles. The van der Waals surface area contributed by atoms with Gasteiger partial charge in [0.1, 0.15) is 13.2 Å². The Morgan fingerprint density at radius 2 is 1.95 bits per heavy atom. The number of fused-ring (bicyclic) bond motifs is 1. The van der Waals surface area contributed by atoms with Crippen molar-refractivity contribution in [1.82, 2.24) is 4.31 Å². The summed E-state index contributed by atoms with van der Waals surface area (Å²) in [7, 11) is -3.43. The molecular formula is C14H19NO4S. The molecule has 0 amide bonds. The van der Waals surface area contributed by atoms with E-state index in [9.17, 15) is 8.42 Å². The van der Waals surface area contributed by atoms with Gasteiger partial charge in [0, 0.05) is 19.2 Å². The van der Waals surface area contributed by atoms with Crippen molar-refractivity contribution in [2.45, 2.75) is 24.7 Å². The first kappa shape index (κ1) is 13.7. The van der Waals surface area contributed by atoms with Crippen molar-refractivity contribution < 1.29 is 17.9 Å². The molecule has 1 fully saturated rings. The van der Waals surface area contributed by atoms with Crippen LogP contribution in [0.5, 0.6) is 11.5 Å². The minimum atomic E-state index is -3.43. The summed E-state index contributed by atoms with van der Waals surface area (Å²) in [5, 5.41) is 0. The van der Waals surface area contributed by atoms with Crippen LogP contribution in [0.15, 0.2) is 23.1 Å². The number of nitrogens with zero attached hydrogens (tertiary/aromatic N) is 1. The number of sulfonamides is 1. The summed E-state index contributed by atoms with van der Waals surface area (Å²) < 4.78 is 37.8. The molecule has 2 aliphatic rings. The Labute approximate surface area is 119 Å². The highest BCUT2D eigenvalue weighted by molar-refractivity contribution is 7.89. The summed E-state index contributed by atoms with van der Waals surface area (Å²) in [4.78, 5) is 0.288. The molecule has 2 aliphatic heterocycles. The minimum absolute atomic E-state index is 0.288. The summed E-state index contributed by atoms with van der Waals surface area (Å²) in [6, 6.07) is 4.85. The molecule has 1 atom stereocenters. The van der Waals surface area contributed by atoms with E-state index >= 15 is 0 Å². The first-order valence-corrected chi connectivity index (χ1v) is 8.41. The molecule has 0 saturated carbocycles. The highest BCUT2D eigenvalue weighted by Gasteiger charge is 2.29. The van der Waals surface area contributed by atoms with Crippen molar-refractivity contribution in [1.29, 1.82) is 0 Å². The van der Waals surface area contributed by atoms with E-state index in [2.05, 4.69) is 6.92 Å². The molecule has 0 N–H and O–H groups in total. The molecule has 110 valence electrons. The van der Waals surface area contributed by atoms with Crippen LogP contribution in [-0.2, 0) is 10.0 Å². The number of ether oxygens (including phenoxy) is 2. The topological polar surface area (TPSA) is 55.8 Å². The van der Waals surface area contributed by atoms with Crippen LogP contribution in [0.3, 0.4) is 0 Å². The van der Waals surface area contributed by atoms with Gasteiger partial charge in [-0.05, 0) is 30.9 Å². The third-order valence-electron chi connectivity index (χ3n) is 3.77. The lowest BCUT2D eigenvalue weighted by Crippen LogP contribution is -2.39. The van der Waals surface area contributed by atoms with Crippen LogP contribution >= 0.6 is 0 Å². The Morgan fingerprint density at radius 3 is 2.70 bits per heavy atom. The predicted octanol–water partition coefficient (Wildman–Crippen LogP) is 1.88. The maximum atomic E-state index is 12.6. The summed E-state index contributed by atoms with van der Waals surface area (Å²) in [5.74, 6) is 1.54. The SMILES string of the molecule is CC1CCCN(S(=O)(=O)c2ccc3c(c2)OCCO3)C1. The van der Waals surface area contributed by atoms with Crippen LogP contribution in [0.25, 0.3) is 0 Å². The number of rotatable bonds is 2. The Balaban J connectivity index is 1.90. The molecule has 1 aromatic rings. The second kappa shape index (κ2) is 5.26.